The average Bonchev–Trinajstić information content (AvgIpc) is 2.26. The summed E-state index contributed by atoms with van der Waals surface area (Å²) in [7, 11) is 0. The van der Waals surface area contributed by atoms with E-state index in [-0.39, 0.29) is 5.56 Å². The Hall–Kier alpha value is -1.22. The highest BCUT2D eigenvalue weighted by Gasteiger charge is 2.14. The molecule has 0 bridgehead atoms. The van der Waals surface area contributed by atoms with Gasteiger partial charge in [0.25, 0.3) is 0 Å². The van der Waals surface area contributed by atoms with E-state index in [1.165, 1.54) is 6.07 Å². The predicted molar refractivity (Wildman–Crippen MR) is 71.2 cm³/mol. The van der Waals surface area contributed by atoms with Crippen molar-refractivity contribution in [3.63, 3.8) is 0 Å². The fourth-order valence-electron chi connectivity index (χ4n) is 1.77. The molecule has 0 heterocycles. The maximum absolute atomic E-state index is 10.8. The van der Waals surface area contributed by atoms with Crippen LogP contribution in [0.5, 0.6) is 0 Å². The lowest BCUT2D eigenvalue weighted by Crippen LogP contribution is -2.31. The topological polar surface area (TPSA) is 40.5 Å². The van der Waals surface area contributed by atoms with Crippen LogP contribution in [0.4, 0.5) is 5.69 Å². The van der Waals surface area contributed by atoms with Gasteiger partial charge >= 0.3 is 5.97 Å². The first-order chi connectivity index (χ1) is 7.97. The van der Waals surface area contributed by atoms with Gasteiger partial charge in [-0.1, -0.05) is 18.5 Å². The number of halogens is 1. The molecule has 0 saturated carbocycles. The Balaban J connectivity index is 3.08. The Bertz CT molecular complexity index is 404. The summed E-state index contributed by atoms with van der Waals surface area (Å²) in [6, 6.07) is 5.21. The van der Waals surface area contributed by atoms with Gasteiger partial charge in [0.15, 0.2) is 0 Å². The molecule has 0 radical (unpaired) electrons. The van der Waals surface area contributed by atoms with Crippen LogP contribution in [0.15, 0.2) is 18.2 Å². The summed E-state index contributed by atoms with van der Waals surface area (Å²) in [5.74, 6) is -0.954. The number of anilines is 1. The Morgan fingerprint density at radius 1 is 1.47 bits per heavy atom. The second kappa shape index (κ2) is 5.92. The third-order valence-corrected chi connectivity index (χ3v) is 2.89. The molecule has 0 atom stereocenters. The summed E-state index contributed by atoms with van der Waals surface area (Å²) in [5.41, 5.74) is 1.12. The highest BCUT2D eigenvalue weighted by molar-refractivity contribution is 6.33. The van der Waals surface area contributed by atoms with E-state index in [0.717, 1.165) is 18.7 Å². The number of rotatable bonds is 5. The first kappa shape index (κ1) is 13.8. The van der Waals surface area contributed by atoms with Crippen molar-refractivity contribution in [1.82, 2.24) is 0 Å². The number of benzene rings is 1. The summed E-state index contributed by atoms with van der Waals surface area (Å²) in [6.07, 6.45) is 1.02. The van der Waals surface area contributed by atoms with Crippen molar-refractivity contribution in [2.24, 2.45) is 0 Å². The van der Waals surface area contributed by atoms with Gasteiger partial charge in [0.1, 0.15) is 0 Å². The summed E-state index contributed by atoms with van der Waals surface area (Å²) in [4.78, 5) is 13.0. The number of nitrogens with zero attached hydrogens (tertiary/aromatic N) is 1. The molecule has 17 heavy (non-hydrogen) atoms. The molecule has 0 aliphatic heterocycles. The molecule has 0 amide bonds. The van der Waals surface area contributed by atoms with Crippen LogP contribution in [0.25, 0.3) is 0 Å². The second-order valence-electron chi connectivity index (χ2n) is 4.26. The predicted octanol–water partition coefficient (Wildman–Crippen LogP) is 3.66. The number of carboxylic acid groups (broad SMARTS) is 1. The van der Waals surface area contributed by atoms with Gasteiger partial charge in [0.05, 0.1) is 16.3 Å². The number of aromatic carboxylic acids is 1. The molecule has 1 rings (SSSR count). The van der Waals surface area contributed by atoms with Crippen LogP contribution in [0.2, 0.25) is 5.02 Å². The standard InChI is InChI=1S/C13H18ClNO2/c1-4-7-15(9(2)3)12-6-5-10(13(16)17)8-11(12)14/h5-6,8-9H,4,7H2,1-3H3,(H,16,17). The Kier molecular flexibility index (Phi) is 4.82. The largest absolute Gasteiger partial charge is 0.478 e. The van der Waals surface area contributed by atoms with Crippen LogP contribution in [-0.4, -0.2) is 23.7 Å². The molecule has 0 spiro atoms. The normalized spacial score (nSPS) is 10.6. The van der Waals surface area contributed by atoms with Gasteiger partial charge in [-0.3, -0.25) is 0 Å². The second-order valence-corrected chi connectivity index (χ2v) is 4.67. The zero-order valence-corrected chi connectivity index (χ0v) is 11.2. The van der Waals surface area contributed by atoms with Crippen molar-refractivity contribution >= 4 is 23.3 Å². The maximum atomic E-state index is 10.8. The van der Waals surface area contributed by atoms with E-state index in [0.29, 0.717) is 11.1 Å². The molecular formula is C13H18ClNO2. The van der Waals surface area contributed by atoms with Gasteiger partial charge in [0.2, 0.25) is 0 Å². The molecule has 0 aromatic heterocycles. The molecule has 0 aliphatic rings. The van der Waals surface area contributed by atoms with E-state index in [1.54, 1.807) is 12.1 Å². The van der Waals surface area contributed by atoms with E-state index < -0.39 is 5.97 Å². The lowest BCUT2D eigenvalue weighted by molar-refractivity contribution is 0.0697. The molecule has 1 N–H and O–H groups in total. The average molecular weight is 256 g/mol. The molecule has 1 aromatic rings. The molecule has 1 aromatic carbocycles. The fraction of sp³-hybridized carbons (Fsp3) is 0.462. The minimum absolute atomic E-state index is 0.221. The zero-order chi connectivity index (χ0) is 13.0. The molecule has 94 valence electrons. The van der Waals surface area contributed by atoms with E-state index in [4.69, 9.17) is 16.7 Å². The van der Waals surface area contributed by atoms with Crippen LogP contribution in [0.1, 0.15) is 37.6 Å². The molecule has 3 nitrogen and oxygen atoms in total. The molecule has 0 unspecified atom stereocenters. The number of hydrogen-bond donors (Lipinski definition) is 1. The smallest absolute Gasteiger partial charge is 0.335 e. The van der Waals surface area contributed by atoms with Crippen molar-refractivity contribution in [3.05, 3.63) is 28.8 Å². The molecule has 0 aliphatic carbocycles. The highest BCUT2D eigenvalue weighted by atomic mass is 35.5. The maximum Gasteiger partial charge on any atom is 0.335 e. The Morgan fingerprint density at radius 3 is 2.53 bits per heavy atom. The SMILES string of the molecule is CCCN(c1ccc(C(=O)O)cc1Cl)C(C)C. The number of hydrogen-bond acceptors (Lipinski definition) is 2. The van der Waals surface area contributed by atoms with Crippen LogP contribution < -0.4 is 4.90 Å². The molecule has 0 fully saturated rings. The van der Waals surface area contributed by atoms with E-state index in [1.807, 2.05) is 0 Å². The lowest BCUT2D eigenvalue weighted by atomic mass is 10.1. The Labute approximate surface area is 107 Å². The summed E-state index contributed by atoms with van der Waals surface area (Å²) in [6.45, 7) is 7.20. The van der Waals surface area contributed by atoms with E-state index in [2.05, 4.69) is 25.7 Å². The third kappa shape index (κ3) is 3.37. The summed E-state index contributed by atoms with van der Waals surface area (Å²) >= 11 is 6.14. The number of carbonyl (C=O) groups is 1. The van der Waals surface area contributed by atoms with Gasteiger partial charge < -0.3 is 10.0 Å². The van der Waals surface area contributed by atoms with Crippen molar-refractivity contribution in [2.75, 3.05) is 11.4 Å². The minimum Gasteiger partial charge on any atom is -0.478 e. The first-order valence-electron chi connectivity index (χ1n) is 5.76. The number of carboxylic acids is 1. The van der Waals surface area contributed by atoms with Gasteiger partial charge in [-0.2, -0.15) is 0 Å². The fourth-order valence-corrected chi connectivity index (χ4v) is 2.06. The van der Waals surface area contributed by atoms with Crippen molar-refractivity contribution < 1.29 is 9.90 Å². The Morgan fingerprint density at radius 2 is 2.12 bits per heavy atom. The summed E-state index contributed by atoms with van der Waals surface area (Å²) in [5, 5.41) is 9.37. The van der Waals surface area contributed by atoms with E-state index >= 15 is 0 Å². The lowest BCUT2D eigenvalue weighted by Gasteiger charge is -2.29. The first-order valence-corrected chi connectivity index (χ1v) is 6.14. The van der Waals surface area contributed by atoms with E-state index in [9.17, 15) is 4.79 Å². The van der Waals surface area contributed by atoms with Crippen molar-refractivity contribution in [1.29, 1.82) is 0 Å². The van der Waals surface area contributed by atoms with Gasteiger partial charge in [-0.25, -0.2) is 4.79 Å². The van der Waals surface area contributed by atoms with Crippen LogP contribution in [0.3, 0.4) is 0 Å². The molecular weight excluding hydrogens is 238 g/mol. The summed E-state index contributed by atoms with van der Waals surface area (Å²) < 4.78 is 0. The van der Waals surface area contributed by atoms with Crippen LogP contribution in [-0.2, 0) is 0 Å². The van der Waals surface area contributed by atoms with Crippen molar-refractivity contribution in [3.8, 4) is 0 Å². The minimum atomic E-state index is -0.954. The van der Waals surface area contributed by atoms with Gasteiger partial charge in [-0.15, -0.1) is 0 Å². The third-order valence-electron chi connectivity index (χ3n) is 2.59. The van der Waals surface area contributed by atoms with Gasteiger partial charge in [-0.05, 0) is 38.5 Å². The van der Waals surface area contributed by atoms with Crippen LogP contribution in [0, 0.1) is 0 Å². The molecule has 4 heteroatoms. The van der Waals surface area contributed by atoms with Crippen molar-refractivity contribution in [2.45, 2.75) is 33.2 Å². The van der Waals surface area contributed by atoms with Gasteiger partial charge in [0, 0.05) is 12.6 Å². The van der Waals surface area contributed by atoms with Crippen LogP contribution >= 0.6 is 11.6 Å². The monoisotopic (exact) mass is 255 g/mol. The quantitative estimate of drug-likeness (QED) is 0.873. The molecule has 0 saturated heterocycles. The zero-order valence-electron chi connectivity index (χ0n) is 10.4. The highest BCUT2D eigenvalue weighted by Crippen LogP contribution is 2.28.